The van der Waals surface area contributed by atoms with Crippen molar-refractivity contribution in [2.24, 2.45) is 0 Å². The highest BCUT2D eigenvalue weighted by molar-refractivity contribution is 9.10. The normalized spacial score (nSPS) is 12.0. The number of likely N-dealkylation sites (N-methyl/N-ethyl adjacent to an activating group) is 1. The van der Waals surface area contributed by atoms with Crippen LogP contribution < -0.4 is 4.74 Å². The lowest BCUT2D eigenvalue weighted by molar-refractivity contribution is 0.0540. The number of nitrogens with zero attached hydrogens (tertiary/aromatic N) is 2. The Hall–Kier alpha value is -1.53. The van der Waals surface area contributed by atoms with Crippen LogP contribution in [0, 0.1) is 6.92 Å². The highest BCUT2D eigenvalue weighted by Gasteiger charge is 2.24. The van der Waals surface area contributed by atoms with Crippen molar-refractivity contribution in [1.29, 1.82) is 0 Å². The molecule has 0 N–H and O–H groups in total. The predicted octanol–water partition coefficient (Wildman–Crippen LogP) is 5.22. The molecule has 1 aromatic carbocycles. The molecule has 0 unspecified atom stereocenters. The summed E-state index contributed by atoms with van der Waals surface area (Å²) < 4.78 is 14.2. The molecule has 0 bridgehead atoms. The van der Waals surface area contributed by atoms with Gasteiger partial charge >= 0.3 is 6.09 Å². The lowest BCUT2D eigenvalue weighted by Gasteiger charge is -2.20. The number of fused-ring (bicyclic) bond motifs is 1. The number of aromatic nitrogens is 1. The molecule has 6 heteroatoms. The van der Waals surface area contributed by atoms with Gasteiger partial charge in [0.25, 0.3) is 0 Å². The van der Waals surface area contributed by atoms with Crippen LogP contribution in [-0.2, 0) is 4.74 Å². The molecule has 0 radical (unpaired) electrons. The van der Waals surface area contributed by atoms with Crippen molar-refractivity contribution in [2.45, 2.75) is 47.1 Å². The van der Waals surface area contributed by atoms with Crippen molar-refractivity contribution in [2.75, 3.05) is 26.2 Å². The summed E-state index contributed by atoms with van der Waals surface area (Å²) in [5.41, 5.74) is 0.990. The molecule has 0 atom stereocenters. The van der Waals surface area contributed by atoms with Gasteiger partial charge in [0.05, 0.1) is 11.2 Å². The first kappa shape index (κ1) is 20.8. The van der Waals surface area contributed by atoms with Crippen LogP contribution >= 0.6 is 15.9 Å². The number of hydrogen-bond acceptors (Lipinski definition) is 4. The molecule has 0 fully saturated rings. The maximum atomic E-state index is 12.7. The number of benzene rings is 1. The van der Waals surface area contributed by atoms with Crippen LogP contribution in [0.5, 0.6) is 5.75 Å². The van der Waals surface area contributed by atoms with E-state index >= 15 is 0 Å². The van der Waals surface area contributed by atoms with Crippen molar-refractivity contribution in [3.63, 3.8) is 0 Å². The van der Waals surface area contributed by atoms with E-state index in [1.165, 1.54) is 0 Å². The molecule has 0 amide bonds. The summed E-state index contributed by atoms with van der Waals surface area (Å²) in [6.45, 7) is 15.2. The molecule has 1 heterocycles. The van der Waals surface area contributed by atoms with E-state index in [1.807, 2.05) is 45.9 Å². The van der Waals surface area contributed by atoms with Crippen molar-refractivity contribution in [1.82, 2.24) is 9.47 Å². The van der Waals surface area contributed by atoms with Gasteiger partial charge in [-0.25, -0.2) is 9.36 Å². The van der Waals surface area contributed by atoms with Gasteiger partial charge in [0.1, 0.15) is 18.0 Å². The smallest absolute Gasteiger partial charge is 0.419 e. The Balaban J connectivity index is 2.39. The zero-order chi connectivity index (χ0) is 19.5. The SMILES string of the molecule is CCN(CC)CCOc1c(C)n(C(=O)OC(C)(C)C)c2ccc(Br)cc12. The average molecular weight is 425 g/mol. The van der Waals surface area contributed by atoms with E-state index in [2.05, 4.69) is 34.7 Å². The molecule has 1 aromatic heterocycles. The minimum absolute atomic E-state index is 0.388. The number of carbonyl (C=O) groups excluding carboxylic acids is 1. The second-order valence-electron chi connectivity index (χ2n) is 7.27. The summed E-state index contributed by atoms with van der Waals surface area (Å²) in [4.78, 5) is 15.0. The predicted molar refractivity (Wildman–Crippen MR) is 109 cm³/mol. The molecular formula is C20H29BrN2O3. The number of carbonyl (C=O) groups is 1. The van der Waals surface area contributed by atoms with Crippen molar-refractivity contribution in [3.8, 4) is 5.75 Å². The van der Waals surface area contributed by atoms with Gasteiger partial charge < -0.3 is 14.4 Å². The van der Waals surface area contributed by atoms with Gasteiger partial charge in [-0.1, -0.05) is 29.8 Å². The third kappa shape index (κ3) is 4.80. The molecule has 0 aliphatic carbocycles. The molecule has 2 aromatic rings. The van der Waals surface area contributed by atoms with E-state index in [1.54, 1.807) is 4.57 Å². The van der Waals surface area contributed by atoms with E-state index in [0.29, 0.717) is 6.61 Å². The van der Waals surface area contributed by atoms with Crippen molar-refractivity contribution >= 4 is 32.9 Å². The van der Waals surface area contributed by atoms with Crippen molar-refractivity contribution in [3.05, 3.63) is 28.4 Å². The fourth-order valence-electron chi connectivity index (χ4n) is 2.90. The van der Waals surface area contributed by atoms with Gasteiger partial charge in [-0.15, -0.1) is 0 Å². The van der Waals surface area contributed by atoms with Gasteiger partial charge in [-0.2, -0.15) is 0 Å². The third-order valence-electron chi connectivity index (χ3n) is 4.23. The second kappa shape index (κ2) is 8.44. The van der Waals surface area contributed by atoms with E-state index in [0.717, 1.165) is 46.5 Å². The molecule has 2 rings (SSSR count). The maximum Gasteiger partial charge on any atom is 0.419 e. The number of hydrogen-bond donors (Lipinski definition) is 0. The lowest BCUT2D eigenvalue weighted by Crippen LogP contribution is -2.28. The molecule has 0 spiro atoms. The summed E-state index contributed by atoms with van der Waals surface area (Å²) in [6.07, 6.45) is -0.388. The van der Waals surface area contributed by atoms with Crippen LogP contribution in [0.15, 0.2) is 22.7 Å². The Labute approximate surface area is 164 Å². The summed E-state index contributed by atoms with van der Waals surface area (Å²) in [5.74, 6) is 0.735. The fraction of sp³-hybridized carbons (Fsp3) is 0.550. The Bertz CT molecular complexity index is 773. The third-order valence-corrected chi connectivity index (χ3v) is 4.73. The Morgan fingerprint density at radius 3 is 2.46 bits per heavy atom. The summed E-state index contributed by atoms with van der Waals surface area (Å²) in [7, 11) is 0. The molecule has 0 aliphatic rings. The van der Waals surface area contributed by atoms with Gasteiger partial charge in [-0.05, 0) is 59.0 Å². The quantitative estimate of drug-likeness (QED) is 0.637. The van der Waals surface area contributed by atoms with Gasteiger partial charge in [-0.3, -0.25) is 0 Å². The summed E-state index contributed by atoms with van der Waals surface area (Å²) in [6, 6.07) is 5.81. The largest absolute Gasteiger partial charge is 0.490 e. The van der Waals surface area contributed by atoms with Gasteiger partial charge in [0.2, 0.25) is 0 Å². The first-order chi connectivity index (χ1) is 12.2. The monoisotopic (exact) mass is 424 g/mol. The topological polar surface area (TPSA) is 43.7 Å². The maximum absolute atomic E-state index is 12.7. The average Bonchev–Trinajstić information content (AvgIpc) is 2.81. The van der Waals surface area contributed by atoms with Crippen LogP contribution in [-0.4, -0.2) is 47.4 Å². The number of rotatable bonds is 6. The first-order valence-electron chi connectivity index (χ1n) is 9.07. The Kier molecular flexibility index (Phi) is 6.74. The zero-order valence-corrected chi connectivity index (χ0v) is 18.1. The number of halogens is 1. The van der Waals surface area contributed by atoms with Crippen LogP contribution in [0.25, 0.3) is 10.9 Å². The van der Waals surface area contributed by atoms with E-state index < -0.39 is 5.60 Å². The Morgan fingerprint density at radius 2 is 1.88 bits per heavy atom. The van der Waals surface area contributed by atoms with Gasteiger partial charge in [0.15, 0.2) is 0 Å². The minimum atomic E-state index is -0.556. The molecule has 144 valence electrons. The molecule has 0 saturated carbocycles. The fourth-order valence-corrected chi connectivity index (χ4v) is 3.27. The van der Waals surface area contributed by atoms with Crippen LogP contribution in [0.2, 0.25) is 0 Å². The summed E-state index contributed by atoms with van der Waals surface area (Å²) >= 11 is 3.51. The van der Waals surface area contributed by atoms with E-state index in [4.69, 9.17) is 9.47 Å². The second-order valence-corrected chi connectivity index (χ2v) is 8.18. The van der Waals surface area contributed by atoms with Crippen LogP contribution in [0.1, 0.15) is 40.3 Å². The molecule has 26 heavy (non-hydrogen) atoms. The molecule has 0 aliphatic heterocycles. The highest BCUT2D eigenvalue weighted by Crippen LogP contribution is 2.35. The number of ether oxygens (including phenoxy) is 2. The van der Waals surface area contributed by atoms with Crippen LogP contribution in [0.4, 0.5) is 4.79 Å². The summed E-state index contributed by atoms with van der Waals surface area (Å²) in [5, 5.41) is 0.905. The molecule has 5 nitrogen and oxygen atoms in total. The zero-order valence-electron chi connectivity index (χ0n) is 16.6. The molecular weight excluding hydrogens is 396 g/mol. The first-order valence-corrected chi connectivity index (χ1v) is 9.86. The highest BCUT2D eigenvalue weighted by atomic mass is 79.9. The molecule has 0 saturated heterocycles. The minimum Gasteiger partial charge on any atom is -0.490 e. The Morgan fingerprint density at radius 1 is 1.23 bits per heavy atom. The van der Waals surface area contributed by atoms with E-state index in [-0.39, 0.29) is 6.09 Å². The standard InChI is InChI=1S/C20H29BrN2O3/c1-7-22(8-2)11-12-25-18-14(3)23(19(24)26-20(4,5)6)17-10-9-15(21)13-16(17)18/h9-10,13H,7-8,11-12H2,1-6H3. The van der Waals surface area contributed by atoms with Crippen molar-refractivity contribution < 1.29 is 14.3 Å². The van der Waals surface area contributed by atoms with Crippen LogP contribution in [0.3, 0.4) is 0 Å². The van der Waals surface area contributed by atoms with E-state index in [9.17, 15) is 4.79 Å². The lowest BCUT2D eigenvalue weighted by atomic mass is 10.2. The van der Waals surface area contributed by atoms with Gasteiger partial charge in [0, 0.05) is 16.4 Å².